The van der Waals surface area contributed by atoms with Crippen molar-refractivity contribution in [2.45, 2.75) is 25.7 Å². The van der Waals surface area contributed by atoms with Gasteiger partial charge < -0.3 is 5.73 Å². The van der Waals surface area contributed by atoms with Crippen LogP contribution in [0.15, 0.2) is 25.3 Å². The molecule has 64 valence electrons. The molecule has 1 unspecified atom stereocenters. The Morgan fingerprint density at radius 2 is 1.91 bits per heavy atom. The molecule has 0 spiro atoms. The van der Waals surface area contributed by atoms with E-state index in [9.17, 15) is 0 Å². The monoisotopic (exact) mass is 153 g/mol. The number of nitrogens with two attached hydrogens (primary N) is 1. The Morgan fingerprint density at radius 1 is 1.18 bits per heavy atom. The normalized spacial score (nSPS) is 12.5. The maximum Gasteiger partial charge on any atom is -0.00745 e. The molecule has 0 amide bonds. The minimum atomic E-state index is 0.718. The Balaban J connectivity index is 3.49. The van der Waals surface area contributed by atoms with E-state index in [1.54, 1.807) is 0 Å². The highest BCUT2D eigenvalue weighted by Crippen LogP contribution is 2.15. The molecule has 2 N–H and O–H groups in total. The third-order valence-corrected chi connectivity index (χ3v) is 1.85. The summed E-state index contributed by atoms with van der Waals surface area (Å²) in [4.78, 5) is 0. The second-order valence-electron chi connectivity index (χ2n) is 2.83. The van der Waals surface area contributed by atoms with E-state index in [2.05, 4.69) is 13.2 Å². The van der Waals surface area contributed by atoms with Gasteiger partial charge in [-0.2, -0.15) is 0 Å². The summed E-state index contributed by atoms with van der Waals surface area (Å²) in [5.74, 6) is 0.718. The molecule has 11 heavy (non-hydrogen) atoms. The van der Waals surface area contributed by atoms with Crippen LogP contribution in [0.25, 0.3) is 0 Å². The van der Waals surface area contributed by atoms with Crippen LogP contribution in [-0.2, 0) is 0 Å². The highest BCUT2D eigenvalue weighted by Gasteiger charge is 2.03. The highest BCUT2D eigenvalue weighted by atomic mass is 14.5. The molecule has 0 aliphatic carbocycles. The van der Waals surface area contributed by atoms with Crippen LogP contribution in [0.1, 0.15) is 25.7 Å². The van der Waals surface area contributed by atoms with Crippen molar-refractivity contribution in [3.63, 3.8) is 0 Å². The molecule has 0 aliphatic heterocycles. The lowest BCUT2D eigenvalue weighted by Gasteiger charge is -2.11. The molecule has 1 nitrogen and oxygen atoms in total. The average Bonchev–Trinajstić information content (AvgIpc) is 2.01. The van der Waals surface area contributed by atoms with Gasteiger partial charge in [-0.25, -0.2) is 0 Å². The maximum atomic E-state index is 5.47. The molecule has 1 atom stereocenters. The van der Waals surface area contributed by atoms with Gasteiger partial charge in [0.2, 0.25) is 0 Å². The van der Waals surface area contributed by atoms with Crippen molar-refractivity contribution in [3.05, 3.63) is 25.3 Å². The highest BCUT2D eigenvalue weighted by molar-refractivity contribution is 4.76. The van der Waals surface area contributed by atoms with Crippen molar-refractivity contribution in [2.75, 3.05) is 6.54 Å². The van der Waals surface area contributed by atoms with Gasteiger partial charge in [0.05, 0.1) is 0 Å². The fourth-order valence-electron chi connectivity index (χ4n) is 1.20. The Labute approximate surface area is 70.0 Å². The number of hydrogen-bond donors (Lipinski definition) is 1. The Hall–Kier alpha value is -0.560. The van der Waals surface area contributed by atoms with Crippen LogP contribution in [0.2, 0.25) is 0 Å². The summed E-state index contributed by atoms with van der Waals surface area (Å²) >= 11 is 0. The average molecular weight is 153 g/mol. The van der Waals surface area contributed by atoms with Crippen molar-refractivity contribution >= 4 is 0 Å². The summed E-state index contributed by atoms with van der Waals surface area (Å²) in [7, 11) is 0. The molecule has 0 aliphatic rings. The van der Waals surface area contributed by atoms with Gasteiger partial charge in [-0.05, 0) is 38.1 Å². The molecule has 0 bridgehead atoms. The van der Waals surface area contributed by atoms with Gasteiger partial charge in [0.1, 0.15) is 0 Å². The van der Waals surface area contributed by atoms with Crippen LogP contribution in [-0.4, -0.2) is 6.54 Å². The zero-order chi connectivity index (χ0) is 8.53. The Morgan fingerprint density at radius 3 is 2.36 bits per heavy atom. The largest absolute Gasteiger partial charge is 0.330 e. The summed E-state index contributed by atoms with van der Waals surface area (Å²) in [5, 5.41) is 0. The smallest absolute Gasteiger partial charge is 0.00745 e. The van der Waals surface area contributed by atoms with Crippen LogP contribution >= 0.6 is 0 Å². The summed E-state index contributed by atoms with van der Waals surface area (Å²) < 4.78 is 0. The molecule has 0 rings (SSSR count). The van der Waals surface area contributed by atoms with Crippen LogP contribution in [0.4, 0.5) is 0 Å². The summed E-state index contributed by atoms with van der Waals surface area (Å²) in [6, 6.07) is 0. The molecule has 0 heterocycles. The van der Waals surface area contributed by atoms with Gasteiger partial charge in [-0.15, -0.1) is 13.2 Å². The first-order chi connectivity index (χ1) is 5.35. The fraction of sp³-hybridized carbons (Fsp3) is 0.600. The predicted octanol–water partition coefficient (Wildman–Crippen LogP) is 2.49. The van der Waals surface area contributed by atoms with Gasteiger partial charge in [0.25, 0.3) is 0 Å². The quantitative estimate of drug-likeness (QED) is 0.559. The van der Waals surface area contributed by atoms with Gasteiger partial charge in [0, 0.05) is 0 Å². The van der Waals surface area contributed by atoms with Crippen molar-refractivity contribution < 1.29 is 0 Å². The Kier molecular flexibility index (Phi) is 7.16. The molecular formula is C10H19N. The topological polar surface area (TPSA) is 26.0 Å². The molecular weight excluding hydrogens is 134 g/mol. The second kappa shape index (κ2) is 7.55. The van der Waals surface area contributed by atoms with Gasteiger partial charge >= 0.3 is 0 Å². The van der Waals surface area contributed by atoms with Crippen molar-refractivity contribution in [2.24, 2.45) is 11.7 Å². The summed E-state index contributed by atoms with van der Waals surface area (Å²) in [5.41, 5.74) is 5.47. The van der Waals surface area contributed by atoms with E-state index in [4.69, 9.17) is 5.73 Å². The maximum absolute atomic E-state index is 5.47. The minimum absolute atomic E-state index is 0.718. The molecule has 0 radical (unpaired) electrons. The summed E-state index contributed by atoms with van der Waals surface area (Å²) in [6.45, 7) is 8.21. The Bertz CT molecular complexity index is 107. The molecule has 0 aromatic carbocycles. The van der Waals surface area contributed by atoms with E-state index >= 15 is 0 Å². The fourth-order valence-corrected chi connectivity index (χ4v) is 1.20. The first-order valence-electron chi connectivity index (χ1n) is 4.27. The zero-order valence-corrected chi connectivity index (χ0v) is 7.26. The van der Waals surface area contributed by atoms with Gasteiger partial charge in [0.15, 0.2) is 0 Å². The van der Waals surface area contributed by atoms with E-state index in [0.717, 1.165) is 31.7 Å². The number of hydrogen-bond acceptors (Lipinski definition) is 1. The van der Waals surface area contributed by atoms with Crippen molar-refractivity contribution in [3.8, 4) is 0 Å². The molecule has 0 aromatic rings. The van der Waals surface area contributed by atoms with Crippen molar-refractivity contribution in [1.29, 1.82) is 0 Å². The van der Waals surface area contributed by atoms with Crippen LogP contribution in [0, 0.1) is 5.92 Å². The molecule has 1 heteroatoms. The van der Waals surface area contributed by atoms with Gasteiger partial charge in [-0.3, -0.25) is 0 Å². The van der Waals surface area contributed by atoms with E-state index in [1.165, 1.54) is 6.42 Å². The predicted molar refractivity (Wildman–Crippen MR) is 51.4 cm³/mol. The van der Waals surface area contributed by atoms with Crippen LogP contribution in [0.5, 0.6) is 0 Å². The van der Waals surface area contributed by atoms with Crippen molar-refractivity contribution in [1.82, 2.24) is 0 Å². The third-order valence-electron chi connectivity index (χ3n) is 1.85. The first-order valence-corrected chi connectivity index (χ1v) is 4.27. The zero-order valence-electron chi connectivity index (χ0n) is 7.26. The van der Waals surface area contributed by atoms with E-state index in [1.807, 2.05) is 12.2 Å². The SMILES string of the molecule is C=CCCC(CC=C)CCN. The number of rotatable bonds is 7. The molecule has 0 saturated heterocycles. The molecule has 0 fully saturated rings. The number of allylic oxidation sites excluding steroid dienone is 2. The van der Waals surface area contributed by atoms with E-state index in [0.29, 0.717) is 0 Å². The first kappa shape index (κ1) is 10.4. The third kappa shape index (κ3) is 5.86. The minimum Gasteiger partial charge on any atom is -0.330 e. The lowest BCUT2D eigenvalue weighted by Crippen LogP contribution is -2.07. The second-order valence-corrected chi connectivity index (χ2v) is 2.83. The van der Waals surface area contributed by atoms with E-state index < -0.39 is 0 Å². The molecule has 0 aromatic heterocycles. The lowest BCUT2D eigenvalue weighted by atomic mass is 9.96. The van der Waals surface area contributed by atoms with Gasteiger partial charge in [-0.1, -0.05) is 12.2 Å². The van der Waals surface area contributed by atoms with Crippen LogP contribution in [0.3, 0.4) is 0 Å². The molecule has 0 saturated carbocycles. The van der Waals surface area contributed by atoms with Crippen LogP contribution < -0.4 is 5.73 Å². The van der Waals surface area contributed by atoms with E-state index in [-0.39, 0.29) is 0 Å². The standard InChI is InChI=1S/C10H19N/c1-3-5-7-10(6-4-2)8-9-11/h3-4,10H,1-2,5-9,11H2. The summed E-state index contributed by atoms with van der Waals surface area (Å²) in [6.07, 6.45) is 8.44. The lowest BCUT2D eigenvalue weighted by molar-refractivity contribution is 0.466.